The van der Waals surface area contributed by atoms with Crippen LogP contribution in [0, 0.1) is 6.92 Å². The second-order valence-electron chi connectivity index (χ2n) is 7.52. The second-order valence-corrected chi connectivity index (χ2v) is 9.41. The van der Waals surface area contributed by atoms with Gasteiger partial charge in [-0.3, -0.25) is 4.57 Å². The van der Waals surface area contributed by atoms with E-state index in [2.05, 4.69) is 20.8 Å². The van der Waals surface area contributed by atoms with Crippen molar-refractivity contribution in [1.29, 1.82) is 0 Å². The third-order valence-electron chi connectivity index (χ3n) is 5.16. The molecular formula is C23H25N5O4S2. The molecule has 0 radical (unpaired) electrons. The van der Waals surface area contributed by atoms with Gasteiger partial charge in [-0.1, -0.05) is 23.9 Å². The number of benzene rings is 1. The molecule has 11 heteroatoms. The predicted molar refractivity (Wildman–Crippen MR) is 131 cm³/mol. The summed E-state index contributed by atoms with van der Waals surface area (Å²) in [4.78, 5) is 25.7. The summed E-state index contributed by atoms with van der Waals surface area (Å²) in [6.45, 7) is 5.75. The number of hydrogen-bond donors (Lipinski definition) is 2. The lowest BCUT2D eigenvalue weighted by Gasteiger charge is -2.26. The molecule has 2 aromatic heterocycles. The van der Waals surface area contributed by atoms with E-state index < -0.39 is 12.0 Å². The smallest absolute Gasteiger partial charge is 0.337 e. The van der Waals surface area contributed by atoms with Crippen LogP contribution in [-0.4, -0.2) is 52.3 Å². The minimum absolute atomic E-state index is 0.245. The average molecular weight is 500 g/mol. The molecule has 0 bridgehead atoms. The molecule has 1 atom stereocenters. The second kappa shape index (κ2) is 10.3. The molecule has 2 amide bonds. The Morgan fingerprint density at radius 1 is 1.29 bits per heavy atom. The highest BCUT2D eigenvalue weighted by Crippen LogP contribution is 2.35. The maximum absolute atomic E-state index is 12.6. The highest BCUT2D eigenvalue weighted by atomic mass is 32.2. The molecule has 0 unspecified atom stereocenters. The number of methoxy groups -OCH3 is 1. The molecule has 1 aliphatic heterocycles. The summed E-state index contributed by atoms with van der Waals surface area (Å²) in [5.41, 5.74) is 2.75. The van der Waals surface area contributed by atoms with E-state index in [-0.39, 0.29) is 12.6 Å². The van der Waals surface area contributed by atoms with Crippen molar-refractivity contribution in [1.82, 2.24) is 25.4 Å². The van der Waals surface area contributed by atoms with Crippen LogP contribution in [0.15, 0.2) is 52.1 Å². The topological polar surface area (TPSA) is 107 Å². The fourth-order valence-electron chi connectivity index (χ4n) is 3.65. The fraction of sp³-hybridized carbons (Fsp3) is 0.304. The Hall–Kier alpha value is -3.31. The summed E-state index contributed by atoms with van der Waals surface area (Å²) in [5, 5.41) is 17.0. The van der Waals surface area contributed by atoms with E-state index in [9.17, 15) is 9.59 Å². The molecule has 3 heterocycles. The Morgan fingerprint density at radius 2 is 2.12 bits per heavy atom. The van der Waals surface area contributed by atoms with Crippen LogP contribution < -0.4 is 15.4 Å². The molecule has 178 valence electrons. The summed E-state index contributed by atoms with van der Waals surface area (Å²) in [7, 11) is 1.62. The molecule has 0 spiro atoms. The molecule has 0 saturated carbocycles. The van der Waals surface area contributed by atoms with Crippen LogP contribution in [0.5, 0.6) is 5.75 Å². The third-order valence-corrected chi connectivity index (χ3v) is 6.98. The van der Waals surface area contributed by atoms with Crippen molar-refractivity contribution in [2.45, 2.75) is 32.0 Å². The summed E-state index contributed by atoms with van der Waals surface area (Å²) in [6, 6.07) is 9.01. The zero-order chi connectivity index (χ0) is 24.2. The van der Waals surface area contributed by atoms with Crippen molar-refractivity contribution in [3.63, 3.8) is 0 Å². The first-order valence-electron chi connectivity index (χ1n) is 10.7. The van der Waals surface area contributed by atoms with Crippen molar-refractivity contribution in [3.8, 4) is 22.1 Å². The number of nitrogens with one attached hydrogen (secondary N) is 2. The van der Waals surface area contributed by atoms with E-state index in [4.69, 9.17) is 9.47 Å². The summed E-state index contributed by atoms with van der Waals surface area (Å²) in [6.07, 6.45) is 0. The minimum atomic E-state index is -0.472. The summed E-state index contributed by atoms with van der Waals surface area (Å²) < 4.78 is 12.8. The van der Waals surface area contributed by atoms with Crippen molar-refractivity contribution in [2.75, 3.05) is 19.5 Å². The molecule has 0 fully saturated rings. The number of urea groups is 1. The molecule has 34 heavy (non-hydrogen) atoms. The van der Waals surface area contributed by atoms with Crippen LogP contribution in [0.2, 0.25) is 0 Å². The number of amides is 2. The number of carbonyl (C=O) groups excluding carboxylic acids is 2. The number of aryl methyl sites for hydroxylation is 1. The van der Waals surface area contributed by atoms with Crippen LogP contribution in [0.25, 0.3) is 16.4 Å². The van der Waals surface area contributed by atoms with Gasteiger partial charge in [0.2, 0.25) is 0 Å². The Labute approximate surface area is 205 Å². The lowest BCUT2D eigenvalue weighted by atomic mass is 10.1. The van der Waals surface area contributed by atoms with E-state index in [1.165, 1.54) is 11.8 Å². The van der Waals surface area contributed by atoms with Crippen LogP contribution in [0.1, 0.15) is 19.4 Å². The molecule has 3 aromatic rings. The average Bonchev–Trinajstić information content (AvgIpc) is 3.47. The highest BCUT2D eigenvalue weighted by Gasteiger charge is 2.30. The zero-order valence-electron chi connectivity index (χ0n) is 19.2. The van der Waals surface area contributed by atoms with Crippen LogP contribution in [0.4, 0.5) is 4.79 Å². The minimum Gasteiger partial charge on any atom is -0.495 e. The SMILES string of the molecule is CCOC(=O)C1=C(CSc2nnc(-c3cccs3)n2-c2cc(C)ccc2OC)NC(=O)N[C@@H]1C. The Morgan fingerprint density at radius 3 is 2.82 bits per heavy atom. The van der Waals surface area contributed by atoms with Crippen molar-refractivity contribution in [3.05, 3.63) is 52.5 Å². The first-order chi connectivity index (χ1) is 16.4. The fourth-order valence-corrected chi connectivity index (χ4v) is 5.26. The number of thioether (sulfide) groups is 1. The lowest BCUT2D eigenvalue weighted by Crippen LogP contribution is -2.49. The summed E-state index contributed by atoms with van der Waals surface area (Å²) >= 11 is 2.93. The number of rotatable bonds is 8. The number of ether oxygens (including phenoxy) is 2. The zero-order valence-corrected chi connectivity index (χ0v) is 20.9. The van der Waals surface area contributed by atoms with Crippen LogP contribution >= 0.6 is 23.1 Å². The number of aromatic nitrogens is 3. The maximum Gasteiger partial charge on any atom is 0.337 e. The molecule has 4 rings (SSSR count). The van der Waals surface area contributed by atoms with Gasteiger partial charge in [0.15, 0.2) is 11.0 Å². The number of thiophene rings is 1. The Bertz CT molecular complexity index is 1240. The van der Waals surface area contributed by atoms with Crippen molar-refractivity contribution >= 4 is 35.1 Å². The molecule has 0 aliphatic carbocycles. The molecule has 9 nitrogen and oxygen atoms in total. The highest BCUT2D eigenvalue weighted by molar-refractivity contribution is 7.99. The van der Waals surface area contributed by atoms with Gasteiger partial charge in [-0.15, -0.1) is 21.5 Å². The van der Waals surface area contributed by atoms with Gasteiger partial charge in [-0.2, -0.15) is 0 Å². The van der Waals surface area contributed by atoms with Gasteiger partial charge in [0.25, 0.3) is 0 Å². The summed E-state index contributed by atoms with van der Waals surface area (Å²) in [5.74, 6) is 1.20. The largest absolute Gasteiger partial charge is 0.495 e. The normalized spacial score (nSPS) is 15.6. The van der Waals surface area contributed by atoms with Gasteiger partial charge in [0, 0.05) is 11.4 Å². The van der Waals surface area contributed by atoms with E-state index in [1.807, 2.05) is 47.2 Å². The molecule has 1 aliphatic rings. The first kappa shape index (κ1) is 23.8. The van der Waals surface area contributed by atoms with Crippen molar-refractivity contribution < 1.29 is 19.1 Å². The van der Waals surface area contributed by atoms with Gasteiger partial charge in [0.05, 0.1) is 35.9 Å². The molecular weight excluding hydrogens is 474 g/mol. The van der Waals surface area contributed by atoms with E-state index >= 15 is 0 Å². The van der Waals surface area contributed by atoms with E-state index in [0.29, 0.717) is 33.8 Å². The van der Waals surface area contributed by atoms with E-state index in [1.54, 1.807) is 32.3 Å². The van der Waals surface area contributed by atoms with Gasteiger partial charge in [0.1, 0.15) is 5.75 Å². The lowest BCUT2D eigenvalue weighted by molar-refractivity contribution is -0.138. The van der Waals surface area contributed by atoms with Gasteiger partial charge in [-0.25, -0.2) is 9.59 Å². The quantitative estimate of drug-likeness (QED) is 0.357. The van der Waals surface area contributed by atoms with Gasteiger partial charge in [-0.05, 0) is 49.9 Å². The number of nitrogens with zero attached hydrogens (tertiary/aromatic N) is 3. The molecule has 2 N–H and O–H groups in total. The Balaban J connectivity index is 1.76. The van der Waals surface area contributed by atoms with Gasteiger partial charge >= 0.3 is 12.0 Å². The Kier molecular flexibility index (Phi) is 7.23. The van der Waals surface area contributed by atoms with Crippen LogP contribution in [0.3, 0.4) is 0 Å². The van der Waals surface area contributed by atoms with Crippen molar-refractivity contribution in [2.24, 2.45) is 0 Å². The predicted octanol–water partition coefficient (Wildman–Crippen LogP) is 3.92. The standard InChI is InChI=1S/C23H25N5O4S2/c1-5-32-21(29)19-14(3)24-22(30)25-15(19)12-34-23-27-26-20(18-7-6-10-33-18)28(23)16-11-13(2)8-9-17(16)31-4/h6-11,14H,5,12H2,1-4H3,(H2,24,25,30)/t14-/m1/s1. The number of hydrogen-bond acceptors (Lipinski definition) is 8. The number of carbonyl (C=O) groups is 2. The third kappa shape index (κ3) is 4.80. The van der Waals surface area contributed by atoms with Crippen LogP contribution in [-0.2, 0) is 9.53 Å². The first-order valence-corrected chi connectivity index (χ1v) is 12.5. The molecule has 0 saturated heterocycles. The maximum atomic E-state index is 12.6. The monoisotopic (exact) mass is 499 g/mol. The van der Waals surface area contributed by atoms with E-state index in [0.717, 1.165) is 16.1 Å². The molecule has 1 aromatic carbocycles. The van der Waals surface area contributed by atoms with Gasteiger partial charge < -0.3 is 20.1 Å². The number of esters is 1.